The van der Waals surface area contributed by atoms with Gasteiger partial charge in [-0.3, -0.25) is 4.90 Å². The highest BCUT2D eigenvalue weighted by Gasteiger charge is 2.24. The molecule has 1 aliphatic heterocycles. The molecular weight excluding hydrogens is 248 g/mol. The average molecular weight is 276 g/mol. The second-order valence-electron chi connectivity index (χ2n) is 5.54. The van der Waals surface area contributed by atoms with Crippen LogP contribution in [0.4, 0.5) is 0 Å². The molecule has 0 bridgehead atoms. The molecule has 0 aliphatic carbocycles. The Kier molecular flexibility index (Phi) is 5.44. The lowest BCUT2D eigenvalue weighted by atomic mass is 9.90. The van der Waals surface area contributed by atoms with Gasteiger partial charge in [-0.05, 0) is 43.1 Å². The number of rotatable bonds is 6. The largest absolute Gasteiger partial charge is 0.496 e. The van der Waals surface area contributed by atoms with Crippen LogP contribution in [0.2, 0.25) is 0 Å². The maximum atomic E-state index is 5.57. The van der Waals surface area contributed by atoms with Crippen molar-refractivity contribution in [3.63, 3.8) is 0 Å². The van der Waals surface area contributed by atoms with Crippen molar-refractivity contribution in [1.29, 1.82) is 0 Å². The Morgan fingerprint density at radius 2 is 2.05 bits per heavy atom. The van der Waals surface area contributed by atoms with Crippen LogP contribution in [0.5, 0.6) is 5.75 Å². The Morgan fingerprint density at radius 3 is 2.65 bits per heavy atom. The van der Waals surface area contributed by atoms with E-state index < -0.39 is 0 Å². The van der Waals surface area contributed by atoms with E-state index in [4.69, 9.17) is 4.74 Å². The summed E-state index contributed by atoms with van der Waals surface area (Å²) in [6, 6.07) is 5.29. The molecule has 0 aromatic heterocycles. The highest BCUT2D eigenvalue weighted by atomic mass is 16.5. The van der Waals surface area contributed by atoms with Crippen LogP contribution in [0, 0.1) is 0 Å². The van der Waals surface area contributed by atoms with Crippen LogP contribution < -0.4 is 10.1 Å². The molecule has 0 saturated heterocycles. The summed E-state index contributed by atoms with van der Waals surface area (Å²) in [5.74, 6) is 1.02. The van der Waals surface area contributed by atoms with Crippen molar-refractivity contribution in [2.75, 3.05) is 20.2 Å². The fourth-order valence-electron chi connectivity index (χ4n) is 3.15. The van der Waals surface area contributed by atoms with Crippen molar-refractivity contribution in [1.82, 2.24) is 10.2 Å². The van der Waals surface area contributed by atoms with Gasteiger partial charge in [0.2, 0.25) is 0 Å². The second kappa shape index (κ2) is 7.09. The standard InChI is InChI=1S/C17H28N2O/c1-5-16-9-13-8-14(11-18-6-2)17(20-4)10-15(13)12-19(16)7-3/h8,10,16,18H,5-7,9,11-12H2,1-4H3. The van der Waals surface area contributed by atoms with Gasteiger partial charge in [-0.25, -0.2) is 0 Å². The smallest absolute Gasteiger partial charge is 0.123 e. The first-order chi connectivity index (χ1) is 9.73. The third-order valence-corrected chi connectivity index (χ3v) is 4.39. The molecular formula is C17H28N2O. The summed E-state index contributed by atoms with van der Waals surface area (Å²) in [6.07, 6.45) is 2.39. The van der Waals surface area contributed by atoms with Crippen LogP contribution in [-0.2, 0) is 19.5 Å². The first-order valence-electron chi connectivity index (χ1n) is 7.86. The van der Waals surface area contributed by atoms with Crippen LogP contribution in [0.3, 0.4) is 0 Å². The minimum atomic E-state index is 0.688. The van der Waals surface area contributed by atoms with E-state index in [0.717, 1.165) is 31.9 Å². The normalized spacial score (nSPS) is 18.9. The van der Waals surface area contributed by atoms with Gasteiger partial charge < -0.3 is 10.1 Å². The van der Waals surface area contributed by atoms with Crippen molar-refractivity contribution in [2.45, 2.75) is 52.7 Å². The summed E-state index contributed by atoms with van der Waals surface area (Å²) in [5.41, 5.74) is 4.23. The van der Waals surface area contributed by atoms with Crippen LogP contribution in [0.25, 0.3) is 0 Å². The van der Waals surface area contributed by atoms with E-state index in [2.05, 4.69) is 43.1 Å². The lowest BCUT2D eigenvalue weighted by Crippen LogP contribution is -2.39. The van der Waals surface area contributed by atoms with Gasteiger partial charge >= 0.3 is 0 Å². The summed E-state index contributed by atoms with van der Waals surface area (Å²) in [7, 11) is 1.77. The SMILES string of the molecule is CCNCc1cc2c(cc1OC)CN(CC)C(CC)C2. The maximum absolute atomic E-state index is 5.57. The Morgan fingerprint density at radius 1 is 1.25 bits per heavy atom. The molecule has 0 fully saturated rings. The number of likely N-dealkylation sites (N-methyl/N-ethyl adjacent to an activating group) is 1. The van der Waals surface area contributed by atoms with Crippen molar-refractivity contribution in [3.05, 3.63) is 28.8 Å². The van der Waals surface area contributed by atoms with E-state index in [1.807, 2.05) is 0 Å². The highest BCUT2D eigenvalue weighted by Crippen LogP contribution is 2.30. The molecule has 1 aliphatic rings. The van der Waals surface area contributed by atoms with Crippen LogP contribution in [0.15, 0.2) is 12.1 Å². The fraction of sp³-hybridized carbons (Fsp3) is 0.647. The molecule has 112 valence electrons. The van der Waals surface area contributed by atoms with Crippen molar-refractivity contribution in [3.8, 4) is 5.75 Å². The van der Waals surface area contributed by atoms with Crippen molar-refractivity contribution in [2.24, 2.45) is 0 Å². The molecule has 3 nitrogen and oxygen atoms in total. The zero-order valence-corrected chi connectivity index (χ0v) is 13.3. The zero-order valence-electron chi connectivity index (χ0n) is 13.3. The summed E-state index contributed by atoms with van der Waals surface area (Å²) in [5, 5.41) is 3.40. The predicted octanol–water partition coefficient (Wildman–Crippen LogP) is 2.96. The van der Waals surface area contributed by atoms with Crippen LogP contribution in [0.1, 0.15) is 43.9 Å². The van der Waals surface area contributed by atoms with Gasteiger partial charge in [-0.1, -0.05) is 26.8 Å². The van der Waals surface area contributed by atoms with Gasteiger partial charge in [0.1, 0.15) is 5.75 Å². The molecule has 1 atom stereocenters. The van der Waals surface area contributed by atoms with Crippen LogP contribution >= 0.6 is 0 Å². The zero-order chi connectivity index (χ0) is 14.5. The van der Waals surface area contributed by atoms with E-state index >= 15 is 0 Å². The Balaban J connectivity index is 2.29. The summed E-state index contributed by atoms with van der Waals surface area (Å²) >= 11 is 0. The van der Waals surface area contributed by atoms with Crippen molar-refractivity contribution >= 4 is 0 Å². The molecule has 1 aromatic rings. The lowest BCUT2D eigenvalue weighted by Gasteiger charge is -2.36. The molecule has 3 heteroatoms. The van der Waals surface area contributed by atoms with E-state index in [-0.39, 0.29) is 0 Å². The number of ether oxygens (including phenoxy) is 1. The highest BCUT2D eigenvalue weighted by molar-refractivity contribution is 5.44. The molecule has 1 aromatic carbocycles. The Bertz CT molecular complexity index is 445. The fourth-order valence-corrected chi connectivity index (χ4v) is 3.15. The van der Waals surface area contributed by atoms with E-state index in [9.17, 15) is 0 Å². The van der Waals surface area contributed by atoms with Gasteiger partial charge in [0.25, 0.3) is 0 Å². The molecule has 0 radical (unpaired) electrons. The first-order valence-corrected chi connectivity index (χ1v) is 7.86. The molecule has 1 heterocycles. The van der Waals surface area contributed by atoms with Crippen molar-refractivity contribution < 1.29 is 4.74 Å². The van der Waals surface area contributed by atoms with E-state index in [0.29, 0.717) is 6.04 Å². The third-order valence-electron chi connectivity index (χ3n) is 4.39. The molecule has 20 heavy (non-hydrogen) atoms. The number of hydrogen-bond acceptors (Lipinski definition) is 3. The number of nitrogens with one attached hydrogen (secondary N) is 1. The quantitative estimate of drug-likeness (QED) is 0.864. The minimum absolute atomic E-state index is 0.688. The molecule has 0 amide bonds. The van der Waals surface area contributed by atoms with Gasteiger partial charge in [0.15, 0.2) is 0 Å². The molecule has 2 rings (SSSR count). The molecule has 1 unspecified atom stereocenters. The number of benzene rings is 1. The maximum Gasteiger partial charge on any atom is 0.123 e. The van der Waals surface area contributed by atoms with Gasteiger partial charge in [-0.15, -0.1) is 0 Å². The Hall–Kier alpha value is -1.06. The number of nitrogens with zero attached hydrogens (tertiary/aromatic N) is 1. The molecule has 1 N–H and O–H groups in total. The van der Waals surface area contributed by atoms with Crippen LogP contribution in [-0.4, -0.2) is 31.1 Å². The van der Waals surface area contributed by atoms with Gasteiger partial charge in [0, 0.05) is 24.7 Å². The molecule has 0 spiro atoms. The summed E-state index contributed by atoms with van der Waals surface area (Å²) in [4.78, 5) is 2.58. The van der Waals surface area contributed by atoms with Gasteiger partial charge in [0.05, 0.1) is 7.11 Å². The monoisotopic (exact) mass is 276 g/mol. The topological polar surface area (TPSA) is 24.5 Å². The Labute approximate surface area is 123 Å². The summed E-state index contributed by atoms with van der Waals surface area (Å²) in [6.45, 7) is 10.7. The predicted molar refractivity (Wildman–Crippen MR) is 84.2 cm³/mol. The van der Waals surface area contributed by atoms with Gasteiger partial charge in [-0.2, -0.15) is 0 Å². The van der Waals surface area contributed by atoms with E-state index in [1.54, 1.807) is 7.11 Å². The second-order valence-corrected chi connectivity index (χ2v) is 5.54. The number of methoxy groups -OCH3 is 1. The number of hydrogen-bond donors (Lipinski definition) is 1. The minimum Gasteiger partial charge on any atom is -0.496 e. The first kappa shape index (κ1) is 15.3. The average Bonchev–Trinajstić information content (AvgIpc) is 2.50. The third kappa shape index (κ3) is 3.15. The molecule has 0 saturated carbocycles. The summed E-state index contributed by atoms with van der Waals surface area (Å²) < 4.78 is 5.57. The number of fused-ring (bicyclic) bond motifs is 1. The van der Waals surface area contributed by atoms with E-state index in [1.165, 1.54) is 29.5 Å². The lowest BCUT2D eigenvalue weighted by molar-refractivity contribution is 0.176.